The molecule has 0 unspecified atom stereocenters. The molecule has 6 nitrogen and oxygen atoms in total. The molecule has 1 aliphatic rings. The zero-order valence-corrected chi connectivity index (χ0v) is 12.1. The van der Waals surface area contributed by atoms with Crippen molar-refractivity contribution in [2.75, 3.05) is 20.7 Å². The van der Waals surface area contributed by atoms with E-state index in [0.29, 0.717) is 12.4 Å². The lowest BCUT2D eigenvalue weighted by atomic mass is 9.75. The zero-order valence-electron chi connectivity index (χ0n) is 12.1. The van der Waals surface area contributed by atoms with E-state index >= 15 is 0 Å². The molecule has 0 N–H and O–H groups in total. The lowest BCUT2D eigenvalue weighted by Gasteiger charge is -2.47. The van der Waals surface area contributed by atoms with Crippen molar-refractivity contribution in [1.29, 1.82) is 0 Å². The van der Waals surface area contributed by atoms with Crippen LogP contribution in [0.1, 0.15) is 42.6 Å². The number of esters is 1. The van der Waals surface area contributed by atoms with Crippen molar-refractivity contribution in [3.05, 3.63) is 11.6 Å². The second-order valence-electron chi connectivity index (χ2n) is 5.35. The molecule has 1 aliphatic carbocycles. The van der Waals surface area contributed by atoms with Gasteiger partial charge in [0.05, 0.1) is 6.61 Å². The molecule has 19 heavy (non-hydrogen) atoms. The first-order valence-electron chi connectivity index (χ1n) is 6.74. The number of aryl methyl sites for hydroxylation is 1. The molecule has 0 amide bonds. The van der Waals surface area contributed by atoms with Gasteiger partial charge in [-0.2, -0.15) is 0 Å². The van der Waals surface area contributed by atoms with E-state index < -0.39 is 5.97 Å². The van der Waals surface area contributed by atoms with Gasteiger partial charge in [0.1, 0.15) is 5.82 Å². The van der Waals surface area contributed by atoms with Crippen molar-refractivity contribution < 1.29 is 9.53 Å². The Labute approximate surface area is 113 Å². The van der Waals surface area contributed by atoms with Gasteiger partial charge in [-0.15, -0.1) is 10.2 Å². The van der Waals surface area contributed by atoms with Crippen molar-refractivity contribution in [2.45, 2.75) is 45.2 Å². The summed E-state index contributed by atoms with van der Waals surface area (Å²) in [7, 11) is 4.17. The van der Waals surface area contributed by atoms with Crippen LogP contribution in [0, 0.1) is 6.92 Å². The van der Waals surface area contributed by atoms with Crippen molar-refractivity contribution in [1.82, 2.24) is 19.7 Å². The molecule has 0 aromatic carbocycles. The molecule has 0 bridgehead atoms. The number of nitrogens with zero attached hydrogens (tertiary/aromatic N) is 4. The van der Waals surface area contributed by atoms with Crippen LogP contribution < -0.4 is 0 Å². The van der Waals surface area contributed by atoms with E-state index in [0.717, 1.165) is 25.2 Å². The van der Waals surface area contributed by atoms with Gasteiger partial charge >= 0.3 is 5.97 Å². The summed E-state index contributed by atoms with van der Waals surface area (Å²) in [5.74, 6) is 0.681. The van der Waals surface area contributed by atoms with Gasteiger partial charge in [0, 0.05) is 12.1 Å². The van der Waals surface area contributed by atoms with E-state index in [2.05, 4.69) is 29.2 Å². The van der Waals surface area contributed by atoms with Crippen LogP contribution >= 0.6 is 0 Å². The summed E-state index contributed by atoms with van der Waals surface area (Å²) in [6, 6.07) is 0. The maximum atomic E-state index is 11.9. The van der Waals surface area contributed by atoms with Crippen LogP contribution in [-0.4, -0.2) is 51.9 Å². The third kappa shape index (κ3) is 2.49. The first-order chi connectivity index (χ1) is 9.00. The van der Waals surface area contributed by atoms with Crippen molar-refractivity contribution in [3.8, 4) is 0 Å². The minimum Gasteiger partial charge on any atom is -0.460 e. The highest BCUT2D eigenvalue weighted by Crippen LogP contribution is 2.38. The lowest BCUT2D eigenvalue weighted by Crippen LogP contribution is -2.53. The molecule has 1 saturated carbocycles. The van der Waals surface area contributed by atoms with Gasteiger partial charge in [-0.25, -0.2) is 4.79 Å². The summed E-state index contributed by atoms with van der Waals surface area (Å²) in [6.07, 6.45) is 3.51. The van der Waals surface area contributed by atoms with Crippen LogP contribution in [0.25, 0.3) is 0 Å². The lowest BCUT2D eigenvalue weighted by molar-refractivity contribution is 0.0364. The highest BCUT2D eigenvalue weighted by molar-refractivity contribution is 5.85. The maximum Gasteiger partial charge on any atom is 0.376 e. The first-order valence-corrected chi connectivity index (χ1v) is 6.74. The standard InChI is InChI=1S/C13H22N4O2/c1-5-19-12(18)11-15-14-10(2)17(11)9-13(16(3)4)7-6-8-13/h5-9H2,1-4H3. The number of hydrogen-bond acceptors (Lipinski definition) is 5. The highest BCUT2D eigenvalue weighted by Gasteiger charge is 2.40. The number of carbonyl (C=O) groups excluding carboxylic acids is 1. The molecular weight excluding hydrogens is 244 g/mol. The first kappa shape index (κ1) is 14.0. The summed E-state index contributed by atoms with van der Waals surface area (Å²) in [4.78, 5) is 14.1. The van der Waals surface area contributed by atoms with E-state index in [4.69, 9.17) is 4.74 Å². The van der Waals surface area contributed by atoms with Crippen LogP contribution in [-0.2, 0) is 11.3 Å². The van der Waals surface area contributed by atoms with E-state index in [9.17, 15) is 4.79 Å². The van der Waals surface area contributed by atoms with E-state index in [1.54, 1.807) is 6.92 Å². The maximum absolute atomic E-state index is 11.9. The highest BCUT2D eigenvalue weighted by atomic mass is 16.5. The van der Waals surface area contributed by atoms with Gasteiger partial charge in [-0.05, 0) is 47.2 Å². The van der Waals surface area contributed by atoms with E-state index in [1.807, 2.05) is 11.5 Å². The fourth-order valence-corrected chi connectivity index (χ4v) is 2.54. The average molecular weight is 266 g/mol. The number of carbonyl (C=O) groups is 1. The number of hydrogen-bond donors (Lipinski definition) is 0. The molecule has 1 aromatic heterocycles. The number of rotatable bonds is 5. The fourth-order valence-electron chi connectivity index (χ4n) is 2.54. The normalized spacial score (nSPS) is 17.3. The quantitative estimate of drug-likeness (QED) is 0.751. The molecule has 1 aromatic rings. The van der Waals surface area contributed by atoms with Gasteiger partial charge in [0.25, 0.3) is 0 Å². The zero-order chi connectivity index (χ0) is 14.0. The van der Waals surface area contributed by atoms with Gasteiger partial charge in [0.2, 0.25) is 5.82 Å². The van der Waals surface area contributed by atoms with Crippen molar-refractivity contribution >= 4 is 5.97 Å². The molecule has 0 saturated heterocycles. The molecule has 6 heteroatoms. The molecular formula is C13H22N4O2. The second kappa shape index (κ2) is 5.28. The number of aromatic nitrogens is 3. The molecule has 0 aliphatic heterocycles. The van der Waals surface area contributed by atoms with E-state index in [-0.39, 0.29) is 5.54 Å². The molecule has 0 atom stereocenters. The Morgan fingerprint density at radius 2 is 2.11 bits per heavy atom. The summed E-state index contributed by atoms with van der Waals surface area (Å²) < 4.78 is 6.92. The number of likely N-dealkylation sites (N-methyl/N-ethyl adjacent to an activating group) is 1. The molecule has 1 fully saturated rings. The summed E-state index contributed by atoms with van der Waals surface area (Å²) in [5, 5.41) is 7.97. The van der Waals surface area contributed by atoms with Crippen LogP contribution in [0.2, 0.25) is 0 Å². The monoisotopic (exact) mass is 266 g/mol. The topological polar surface area (TPSA) is 60.2 Å². The molecule has 0 radical (unpaired) electrons. The molecule has 0 spiro atoms. The Balaban J connectivity index is 2.24. The average Bonchev–Trinajstić information content (AvgIpc) is 2.65. The number of ether oxygens (including phenoxy) is 1. The summed E-state index contributed by atoms with van der Waals surface area (Å²) in [6.45, 7) is 4.76. The Hall–Kier alpha value is -1.43. The van der Waals surface area contributed by atoms with Gasteiger partial charge in [0.15, 0.2) is 0 Å². The molecule has 106 valence electrons. The molecule has 1 heterocycles. The summed E-state index contributed by atoms with van der Waals surface area (Å²) >= 11 is 0. The van der Waals surface area contributed by atoms with Crippen molar-refractivity contribution in [2.24, 2.45) is 0 Å². The van der Waals surface area contributed by atoms with E-state index in [1.165, 1.54) is 6.42 Å². The van der Waals surface area contributed by atoms with Crippen LogP contribution in [0.5, 0.6) is 0 Å². The van der Waals surface area contributed by atoms with Crippen molar-refractivity contribution in [3.63, 3.8) is 0 Å². The largest absolute Gasteiger partial charge is 0.460 e. The third-order valence-electron chi connectivity index (χ3n) is 4.08. The SMILES string of the molecule is CCOC(=O)c1nnc(C)n1CC1(N(C)C)CCC1. The summed E-state index contributed by atoms with van der Waals surface area (Å²) in [5.41, 5.74) is 0.119. The van der Waals surface area contributed by atoms with Crippen LogP contribution in [0.4, 0.5) is 0 Å². The predicted octanol–water partition coefficient (Wildman–Crippen LogP) is 1.25. The smallest absolute Gasteiger partial charge is 0.376 e. The van der Waals surface area contributed by atoms with Gasteiger partial charge in [-0.3, -0.25) is 0 Å². The Morgan fingerprint density at radius 1 is 1.42 bits per heavy atom. The minimum atomic E-state index is -0.392. The molecule has 2 rings (SSSR count). The van der Waals surface area contributed by atoms with Crippen LogP contribution in [0.15, 0.2) is 0 Å². The second-order valence-corrected chi connectivity index (χ2v) is 5.35. The fraction of sp³-hybridized carbons (Fsp3) is 0.769. The van der Waals surface area contributed by atoms with Gasteiger partial charge < -0.3 is 14.2 Å². The Bertz CT molecular complexity index is 463. The van der Waals surface area contributed by atoms with Crippen LogP contribution in [0.3, 0.4) is 0 Å². The minimum absolute atomic E-state index is 0.119. The Kier molecular flexibility index (Phi) is 3.89. The predicted molar refractivity (Wildman–Crippen MR) is 71.0 cm³/mol. The Morgan fingerprint density at radius 3 is 2.58 bits per heavy atom. The van der Waals surface area contributed by atoms with Gasteiger partial charge in [-0.1, -0.05) is 0 Å². The third-order valence-corrected chi connectivity index (χ3v) is 4.08.